The molecule has 0 bridgehead atoms. The van der Waals surface area contributed by atoms with E-state index in [1.54, 1.807) is 0 Å². The topological polar surface area (TPSA) is 3.24 Å². The highest BCUT2D eigenvalue weighted by Gasteiger charge is 2.52. The Morgan fingerprint density at radius 2 is 0.603 bits per heavy atom. The Kier molecular flexibility index (Phi) is 8.57. The maximum atomic E-state index is 2.56. The maximum absolute atomic E-state index is 2.56. The van der Waals surface area contributed by atoms with Crippen LogP contribution in [0.25, 0.3) is 88.0 Å². The molecule has 0 N–H and O–H groups in total. The average Bonchev–Trinajstić information content (AvgIpc) is 3.88. The van der Waals surface area contributed by atoms with Crippen molar-refractivity contribution in [3.8, 4) is 55.6 Å². The van der Waals surface area contributed by atoms with Crippen molar-refractivity contribution in [3.05, 3.63) is 283 Å². The van der Waals surface area contributed by atoms with Crippen LogP contribution in [0.2, 0.25) is 0 Å². The van der Waals surface area contributed by atoms with Crippen LogP contribution < -0.4 is 4.90 Å². The first-order valence-corrected chi connectivity index (χ1v) is 23.7. The lowest BCUT2D eigenvalue weighted by molar-refractivity contribution is 0.794. The fraction of sp³-hybridized carbons (Fsp3) is 0.0149. The van der Waals surface area contributed by atoms with Crippen molar-refractivity contribution in [1.29, 1.82) is 0 Å². The van der Waals surface area contributed by atoms with Crippen molar-refractivity contribution in [1.82, 2.24) is 0 Å². The molecule has 1 spiro atoms. The molecule has 0 radical (unpaired) electrons. The lowest BCUT2D eigenvalue weighted by Crippen LogP contribution is -2.26. The third-order valence-electron chi connectivity index (χ3n) is 14.9. The van der Waals surface area contributed by atoms with E-state index in [-0.39, 0.29) is 0 Å². The Bertz CT molecular complexity index is 3860. The van der Waals surface area contributed by atoms with E-state index in [4.69, 9.17) is 0 Å². The summed E-state index contributed by atoms with van der Waals surface area (Å²) in [6.07, 6.45) is 0. The molecule has 0 saturated heterocycles. The van der Waals surface area contributed by atoms with E-state index in [0.29, 0.717) is 0 Å². The van der Waals surface area contributed by atoms with Crippen molar-refractivity contribution in [2.75, 3.05) is 4.90 Å². The number of hydrogen-bond acceptors (Lipinski definition) is 1. The minimum Gasteiger partial charge on any atom is -0.310 e. The fourth-order valence-electron chi connectivity index (χ4n) is 11.9. The summed E-state index contributed by atoms with van der Waals surface area (Å²) >= 11 is 0. The van der Waals surface area contributed by atoms with Crippen LogP contribution in [0.5, 0.6) is 0 Å². The van der Waals surface area contributed by atoms with Gasteiger partial charge < -0.3 is 4.90 Å². The molecular formula is C67H43N. The molecule has 2 aliphatic carbocycles. The summed E-state index contributed by atoms with van der Waals surface area (Å²) in [5.74, 6) is 0. The lowest BCUT2D eigenvalue weighted by atomic mass is 9.70. The summed E-state index contributed by atoms with van der Waals surface area (Å²) in [4.78, 5) is 2.53. The molecule has 1 nitrogen and oxygen atoms in total. The summed E-state index contributed by atoms with van der Waals surface area (Å²) < 4.78 is 0. The minimum atomic E-state index is -0.509. The Hall–Kier alpha value is -8.78. The molecule has 2 aliphatic rings. The van der Waals surface area contributed by atoms with Gasteiger partial charge in [-0.25, -0.2) is 0 Å². The normalized spacial score (nSPS) is 12.8. The Labute approximate surface area is 396 Å². The molecule has 14 rings (SSSR count). The van der Waals surface area contributed by atoms with Crippen LogP contribution in [-0.4, -0.2) is 0 Å². The average molecular weight is 862 g/mol. The lowest BCUT2D eigenvalue weighted by Gasteiger charge is -2.33. The van der Waals surface area contributed by atoms with E-state index >= 15 is 0 Å². The van der Waals surface area contributed by atoms with Gasteiger partial charge in [0.1, 0.15) is 0 Å². The van der Waals surface area contributed by atoms with Crippen molar-refractivity contribution < 1.29 is 0 Å². The first kappa shape index (κ1) is 38.5. The van der Waals surface area contributed by atoms with E-state index in [2.05, 4.69) is 266 Å². The number of nitrogens with zero attached hydrogens (tertiary/aromatic N) is 1. The SMILES string of the molecule is c1ccc(-c2ccc(-c3cc4c(cc3N(c3ccc(-c5ccccc5)cc3)c3ccc5c6ccccc6c6ccccc6c5c3)C3(c5ccccc5-c5ccccc53)c3ccccc3-4)cc2)cc1. The predicted octanol–water partition coefficient (Wildman–Crippen LogP) is 18.0. The summed E-state index contributed by atoms with van der Waals surface area (Å²) in [6.45, 7) is 0. The first-order valence-electron chi connectivity index (χ1n) is 23.7. The van der Waals surface area contributed by atoms with Crippen LogP contribution in [-0.2, 0) is 5.41 Å². The standard InChI is InChI=1S/C67H43N/c1-3-17-44(18-4-1)46-31-33-48(34-32-46)59-42-61-58-27-13-16-30-64(58)67(62-28-14-11-25-56(62)57-26-12-15-29-63(57)67)65(61)43-66(59)68(49-37-35-47(36-38-49)45-19-5-2-6-20-45)50-39-40-55-53-23-8-7-21-51(53)52-22-9-10-24-54(52)60(55)41-50/h1-43H. The van der Waals surface area contributed by atoms with Gasteiger partial charge >= 0.3 is 0 Å². The van der Waals surface area contributed by atoms with Gasteiger partial charge in [-0.15, -0.1) is 0 Å². The highest BCUT2D eigenvalue weighted by Crippen LogP contribution is 2.64. The van der Waals surface area contributed by atoms with Crippen molar-refractivity contribution in [2.45, 2.75) is 5.41 Å². The number of fused-ring (bicyclic) bond motifs is 16. The second-order valence-electron chi connectivity index (χ2n) is 18.3. The van der Waals surface area contributed by atoms with Gasteiger partial charge in [0.25, 0.3) is 0 Å². The van der Waals surface area contributed by atoms with Gasteiger partial charge in [-0.3, -0.25) is 0 Å². The van der Waals surface area contributed by atoms with E-state index in [0.717, 1.165) is 22.6 Å². The summed E-state index contributed by atoms with van der Waals surface area (Å²) in [5, 5.41) is 7.55. The number of benzene rings is 12. The van der Waals surface area contributed by atoms with Crippen LogP contribution in [0.4, 0.5) is 17.1 Å². The molecule has 1 heteroatoms. The Balaban J connectivity index is 1.09. The van der Waals surface area contributed by atoms with E-state index in [1.807, 2.05) is 0 Å². The zero-order valence-corrected chi connectivity index (χ0v) is 37.3. The van der Waals surface area contributed by atoms with Crippen molar-refractivity contribution >= 4 is 49.4 Å². The molecule has 0 aliphatic heterocycles. The second-order valence-corrected chi connectivity index (χ2v) is 18.3. The smallest absolute Gasteiger partial charge is 0.0726 e. The fourth-order valence-corrected chi connectivity index (χ4v) is 11.9. The Morgan fingerprint density at radius 3 is 1.13 bits per heavy atom. The first-order chi connectivity index (χ1) is 33.7. The molecule has 0 atom stereocenters. The van der Waals surface area contributed by atoms with Crippen molar-refractivity contribution in [3.63, 3.8) is 0 Å². The Morgan fingerprint density at radius 1 is 0.221 bits per heavy atom. The summed E-state index contributed by atoms with van der Waals surface area (Å²) in [6, 6.07) is 97.1. The third-order valence-corrected chi connectivity index (χ3v) is 14.9. The largest absolute Gasteiger partial charge is 0.310 e. The molecule has 12 aromatic carbocycles. The quantitative estimate of drug-likeness (QED) is 0.151. The molecule has 0 amide bonds. The van der Waals surface area contributed by atoms with Gasteiger partial charge in [-0.2, -0.15) is 0 Å². The third kappa shape index (κ3) is 5.63. The number of rotatable bonds is 6. The van der Waals surface area contributed by atoms with E-state index < -0.39 is 5.41 Å². The zero-order valence-electron chi connectivity index (χ0n) is 37.3. The van der Waals surface area contributed by atoms with Gasteiger partial charge in [0.15, 0.2) is 0 Å². The van der Waals surface area contributed by atoms with E-state index in [1.165, 1.54) is 105 Å². The molecule has 316 valence electrons. The molecule has 12 aromatic rings. The number of hydrogen-bond donors (Lipinski definition) is 0. The van der Waals surface area contributed by atoms with Gasteiger partial charge in [0, 0.05) is 16.9 Å². The molecule has 68 heavy (non-hydrogen) atoms. The molecule has 0 fully saturated rings. The minimum absolute atomic E-state index is 0.509. The predicted molar refractivity (Wildman–Crippen MR) is 286 cm³/mol. The number of anilines is 3. The maximum Gasteiger partial charge on any atom is 0.0726 e. The monoisotopic (exact) mass is 861 g/mol. The highest BCUT2D eigenvalue weighted by molar-refractivity contribution is 6.26. The van der Waals surface area contributed by atoms with E-state index in [9.17, 15) is 0 Å². The van der Waals surface area contributed by atoms with Crippen LogP contribution in [0.15, 0.2) is 261 Å². The van der Waals surface area contributed by atoms with Crippen LogP contribution in [0.1, 0.15) is 22.3 Å². The van der Waals surface area contributed by atoms with Crippen LogP contribution >= 0.6 is 0 Å². The highest BCUT2D eigenvalue weighted by atomic mass is 15.1. The molecular weight excluding hydrogens is 819 g/mol. The van der Waals surface area contributed by atoms with Gasteiger partial charge in [0.2, 0.25) is 0 Å². The molecule has 0 saturated carbocycles. The summed E-state index contributed by atoms with van der Waals surface area (Å²) in [5.41, 5.74) is 20.4. The van der Waals surface area contributed by atoms with Crippen LogP contribution in [0.3, 0.4) is 0 Å². The molecule has 0 aromatic heterocycles. The molecule has 0 heterocycles. The summed E-state index contributed by atoms with van der Waals surface area (Å²) in [7, 11) is 0. The van der Waals surface area contributed by atoms with Gasteiger partial charge in [-0.1, -0.05) is 224 Å². The molecule has 0 unspecified atom stereocenters. The van der Waals surface area contributed by atoms with Crippen LogP contribution in [0, 0.1) is 0 Å². The zero-order chi connectivity index (χ0) is 44.8. The van der Waals surface area contributed by atoms with Crippen molar-refractivity contribution in [2.24, 2.45) is 0 Å². The van der Waals surface area contributed by atoms with Gasteiger partial charge in [-0.05, 0) is 141 Å². The second kappa shape index (κ2) is 15.1. The van der Waals surface area contributed by atoms with Gasteiger partial charge in [0.05, 0.1) is 11.1 Å².